The molecule has 0 radical (unpaired) electrons. The number of hydrogen-bond acceptors (Lipinski definition) is 3. The zero-order valence-electron chi connectivity index (χ0n) is 11.9. The summed E-state index contributed by atoms with van der Waals surface area (Å²) in [5, 5.41) is 0. The smallest absolute Gasteiger partial charge is 0.261 e. The standard InChI is InChI=1S/C15H19ClN2O2/c1-3-4-10-20-13-6-5-9-18-14(13)17-11(2)12(7-8-16)15(18)19/h5-6,9H,3-4,7-8,10H2,1-2H3. The van der Waals surface area contributed by atoms with Crippen molar-refractivity contribution in [2.24, 2.45) is 0 Å². The quantitative estimate of drug-likeness (QED) is 0.608. The molecule has 108 valence electrons. The van der Waals surface area contributed by atoms with E-state index < -0.39 is 0 Å². The zero-order chi connectivity index (χ0) is 14.5. The van der Waals surface area contributed by atoms with E-state index >= 15 is 0 Å². The summed E-state index contributed by atoms with van der Waals surface area (Å²) < 4.78 is 7.26. The van der Waals surface area contributed by atoms with Crippen molar-refractivity contribution in [1.82, 2.24) is 9.38 Å². The molecule has 0 N–H and O–H groups in total. The summed E-state index contributed by atoms with van der Waals surface area (Å²) in [4.78, 5) is 16.9. The minimum Gasteiger partial charge on any atom is -0.490 e. The van der Waals surface area contributed by atoms with Gasteiger partial charge in [-0.1, -0.05) is 13.3 Å². The van der Waals surface area contributed by atoms with Crippen LogP contribution in [0.25, 0.3) is 5.65 Å². The minimum atomic E-state index is -0.0610. The van der Waals surface area contributed by atoms with Crippen LogP contribution in [0.3, 0.4) is 0 Å². The van der Waals surface area contributed by atoms with Crippen LogP contribution in [0.15, 0.2) is 23.1 Å². The van der Waals surface area contributed by atoms with E-state index in [0.717, 1.165) is 18.5 Å². The predicted molar refractivity (Wildman–Crippen MR) is 81.0 cm³/mol. The van der Waals surface area contributed by atoms with Gasteiger partial charge in [-0.05, 0) is 31.9 Å². The maximum absolute atomic E-state index is 12.4. The highest BCUT2D eigenvalue weighted by Crippen LogP contribution is 2.18. The Hall–Kier alpha value is -1.55. The van der Waals surface area contributed by atoms with Crippen molar-refractivity contribution >= 4 is 17.2 Å². The van der Waals surface area contributed by atoms with Gasteiger partial charge in [-0.25, -0.2) is 4.98 Å². The highest BCUT2D eigenvalue weighted by Gasteiger charge is 2.12. The fraction of sp³-hybridized carbons (Fsp3) is 0.467. The van der Waals surface area contributed by atoms with Gasteiger partial charge in [-0.3, -0.25) is 9.20 Å². The van der Waals surface area contributed by atoms with E-state index in [4.69, 9.17) is 16.3 Å². The van der Waals surface area contributed by atoms with Crippen molar-refractivity contribution in [1.29, 1.82) is 0 Å². The molecule has 0 aliphatic carbocycles. The third-order valence-electron chi connectivity index (χ3n) is 3.22. The van der Waals surface area contributed by atoms with E-state index in [1.165, 1.54) is 4.40 Å². The van der Waals surface area contributed by atoms with Crippen molar-refractivity contribution in [2.75, 3.05) is 12.5 Å². The fourth-order valence-corrected chi connectivity index (χ4v) is 2.29. The number of nitrogens with zero attached hydrogens (tertiary/aromatic N) is 2. The van der Waals surface area contributed by atoms with Crippen molar-refractivity contribution in [3.63, 3.8) is 0 Å². The first kappa shape index (κ1) is 14.9. The molecule has 2 aromatic rings. The number of hydrogen-bond donors (Lipinski definition) is 0. The molecule has 4 nitrogen and oxygen atoms in total. The van der Waals surface area contributed by atoms with E-state index in [9.17, 15) is 4.79 Å². The third kappa shape index (κ3) is 2.96. The van der Waals surface area contributed by atoms with Crippen molar-refractivity contribution in [3.8, 4) is 5.75 Å². The van der Waals surface area contributed by atoms with Crippen LogP contribution < -0.4 is 10.3 Å². The Morgan fingerprint density at radius 2 is 2.25 bits per heavy atom. The first-order valence-electron chi connectivity index (χ1n) is 6.88. The molecule has 0 atom stereocenters. The molecule has 2 heterocycles. The maximum atomic E-state index is 12.4. The van der Waals surface area contributed by atoms with Crippen LogP contribution in [-0.4, -0.2) is 21.9 Å². The number of rotatable bonds is 6. The molecule has 0 aliphatic heterocycles. The molecular weight excluding hydrogens is 276 g/mol. The number of alkyl halides is 1. The Bertz CT molecular complexity index is 652. The number of ether oxygens (including phenoxy) is 1. The van der Waals surface area contributed by atoms with Crippen LogP contribution >= 0.6 is 11.6 Å². The van der Waals surface area contributed by atoms with Gasteiger partial charge in [-0.15, -0.1) is 11.6 Å². The second kappa shape index (κ2) is 6.75. The van der Waals surface area contributed by atoms with Gasteiger partial charge in [0.25, 0.3) is 5.56 Å². The second-order valence-electron chi connectivity index (χ2n) is 4.69. The topological polar surface area (TPSA) is 43.6 Å². The lowest BCUT2D eigenvalue weighted by atomic mass is 10.2. The molecule has 0 spiro atoms. The highest BCUT2D eigenvalue weighted by molar-refractivity contribution is 6.18. The SMILES string of the molecule is CCCCOc1cccn2c(=O)c(CCCl)c(C)nc12. The molecule has 0 fully saturated rings. The first-order valence-corrected chi connectivity index (χ1v) is 7.42. The Morgan fingerprint density at radius 3 is 2.95 bits per heavy atom. The normalized spacial score (nSPS) is 10.9. The van der Waals surface area contributed by atoms with E-state index in [2.05, 4.69) is 11.9 Å². The lowest BCUT2D eigenvalue weighted by molar-refractivity contribution is 0.311. The number of pyridine rings is 1. The summed E-state index contributed by atoms with van der Waals surface area (Å²) in [7, 11) is 0. The largest absolute Gasteiger partial charge is 0.490 e. The van der Waals surface area contributed by atoms with Gasteiger partial charge in [0, 0.05) is 23.3 Å². The van der Waals surface area contributed by atoms with Crippen LogP contribution in [0.2, 0.25) is 0 Å². The average molecular weight is 295 g/mol. The number of halogens is 1. The fourth-order valence-electron chi connectivity index (χ4n) is 2.10. The van der Waals surface area contributed by atoms with Crippen LogP contribution in [0, 0.1) is 6.92 Å². The molecule has 0 aromatic carbocycles. The van der Waals surface area contributed by atoms with Crippen molar-refractivity contribution in [3.05, 3.63) is 39.9 Å². The summed E-state index contributed by atoms with van der Waals surface area (Å²) in [5.74, 6) is 1.06. The lowest BCUT2D eigenvalue weighted by Crippen LogP contribution is -2.22. The second-order valence-corrected chi connectivity index (χ2v) is 5.07. The van der Waals surface area contributed by atoms with Gasteiger partial charge in [0.15, 0.2) is 11.4 Å². The van der Waals surface area contributed by atoms with Gasteiger partial charge < -0.3 is 4.74 Å². The number of fused-ring (bicyclic) bond motifs is 1. The molecule has 0 amide bonds. The van der Waals surface area contributed by atoms with Crippen LogP contribution in [0.4, 0.5) is 0 Å². The Morgan fingerprint density at radius 1 is 1.45 bits per heavy atom. The molecule has 0 saturated heterocycles. The van der Waals surface area contributed by atoms with Crippen LogP contribution in [0.1, 0.15) is 31.0 Å². The third-order valence-corrected chi connectivity index (χ3v) is 3.41. The number of aromatic nitrogens is 2. The Balaban J connectivity index is 2.50. The summed E-state index contributed by atoms with van der Waals surface area (Å²) in [6, 6.07) is 3.65. The summed E-state index contributed by atoms with van der Waals surface area (Å²) in [5.41, 5.74) is 1.91. The molecule has 5 heteroatoms. The molecule has 0 bridgehead atoms. The van der Waals surface area contributed by atoms with E-state index in [1.54, 1.807) is 12.3 Å². The summed E-state index contributed by atoms with van der Waals surface area (Å²) >= 11 is 5.75. The number of unbranched alkanes of at least 4 members (excludes halogenated alkanes) is 1. The molecule has 0 unspecified atom stereocenters. The van der Waals surface area contributed by atoms with Gasteiger partial charge in [0.2, 0.25) is 0 Å². The highest BCUT2D eigenvalue weighted by atomic mass is 35.5. The average Bonchev–Trinajstić information content (AvgIpc) is 2.44. The van der Waals surface area contributed by atoms with Crippen LogP contribution in [-0.2, 0) is 6.42 Å². The summed E-state index contributed by atoms with van der Waals surface area (Å²) in [6.45, 7) is 4.58. The Kier molecular flexibility index (Phi) is 5.01. The van der Waals surface area contributed by atoms with Gasteiger partial charge in [0.1, 0.15) is 0 Å². The molecule has 0 saturated carbocycles. The predicted octanol–water partition coefficient (Wildman–Crippen LogP) is 2.96. The molecular formula is C15H19ClN2O2. The van der Waals surface area contributed by atoms with Gasteiger partial charge >= 0.3 is 0 Å². The minimum absolute atomic E-state index is 0.0610. The van der Waals surface area contributed by atoms with Crippen molar-refractivity contribution < 1.29 is 4.74 Å². The molecule has 2 rings (SSSR count). The van der Waals surface area contributed by atoms with Crippen LogP contribution in [0.5, 0.6) is 5.75 Å². The van der Waals surface area contributed by atoms with E-state index in [1.807, 2.05) is 13.0 Å². The molecule has 0 aliphatic rings. The molecule has 2 aromatic heterocycles. The van der Waals surface area contributed by atoms with Crippen molar-refractivity contribution in [2.45, 2.75) is 33.1 Å². The molecule has 20 heavy (non-hydrogen) atoms. The van der Waals surface area contributed by atoms with E-state index in [-0.39, 0.29) is 5.56 Å². The monoisotopic (exact) mass is 294 g/mol. The number of aryl methyl sites for hydroxylation is 1. The maximum Gasteiger partial charge on any atom is 0.261 e. The lowest BCUT2D eigenvalue weighted by Gasteiger charge is -2.11. The zero-order valence-corrected chi connectivity index (χ0v) is 12.6. The van der Waals surface area contributed by atoms with Gasteiger partial charge in [0.05, 0.1) is 6.61 Å². The van der Waals surface area contributed by atoms with E-state index in [0.29, 0.717) is 35.9 Å². The first-order chi connectivity index (χ1) is 9.69. The summed E-state index contributed by atoms with van der Waals surface area (Å²) in [6.07, 6.45) is 4.29. The van der Waals surface area contributed by atoms with Gasteiger partial charge in [-0.2, -0.15) is 0 Å². The Labute approximate surface area is 123 Å².